The maximum Gasteiger partial charge on any atom is 0.435 e. The van der Waals surface area contributed by atoms with Crippen molar-refractivity contribution < 1.29 is 26.9 Å². The molecule has 1 heterocycles. The number of hydrogen-bond acceptors (Lipinski definition) is 6. The number of benzene rings is 2. The molecule has 3 aromatic rings. The van der Waals surface area contributed by atoms with Crippen LogP contribution in [0.5, 0.6) is 11.6 Å². The van der Waals surface area contributed by atoms with Crippen LogP contribution < -0.4 is 10.1 Å². The van der Waals surface area contributed by atoms with Gasteiger partial charge in [-0.1, -0.05) is 30.7 Å². The number of ether oxygens (including phenoxy) is 1. The number of nitrogens with zero attached hydrogens (tertiary/aromatic N) is 2. The number of alkyl halides is 3. The van der Waals surface area contributed by atoms with E-state index in [4.69, 9.17) is 21.1 Å². The average Bonchev–Trinajstić information content (AvgIpc) is 2.72. The van der Waals surface area contributed by atoms with Gasteiger partial charge in [0.05, 0.1) is 9.73 Å². The van der Waals surface area contributed by atoms with Crippen molar-refractivity contribution in [2.45, 2.75) is 31.3 Å². The van der Waals surface area contributed by atoms with Gasteiger partial charge < -0.3 is 10.1 Å². The summed E-state index contributed by atoms with van der Waals surface area (Å²) in [4.78, 5) is 13.2. The second-order valence-electron chi connectivity index (χ2n) is 7.39. The Morgan fingerprint density at radius 2 is 1.91 bits per heavy atom. The Morgan fingerprint density at radius 3 is 2.50 bits per heavy atom. The molecule has 0 radical (unpaired) electrons. The number of nitrogens with one attached hydrogen (secondary N) is 2. The molecule has 3 rings (SSSR count). The Morgan fingerprint density at radius 1 is 1.21 bits per heavy atom. The van der Waals surface area contributed by atoms with Gasteiger partial charge in [0.2, 0.25) is 0 Å². The van der Waals surface area contributed by atoms with Crippen LogP contribution in [-0.4, -0.2) is 26.6 Å². The van der Waals surface area contributed by atoms with Crippen LogP contribution in [0.4, 0.5) is 18.9 Å². The molecular formula is C22H20ClF3N4O3S. The summed E-state index contributed by atoms with van der Waals surface area (Å²) in [6.45, 7) is 2.99. The van der Waals surface area contributed by atoms with E-state index >= 15 is 0 Å². The quantitative estimate of drug-likeness (QED) is 0.415. The molecular weight excluding hydrogens is 493 g/mol. The van der Waals surface area contributed by atoms with Crippen molar-refractivity contribution in [1.29, 1.82) is 4.78 Å². The second-order valence-corrected chi connectivity index (χ2v) is 9.95. The van der Waals surface area contributed by atoms with Gasteiger partial charge in [0.15, 0.2) is 5.69 Å². The van der Waals surface area contributed by atoms with Gasteiger partial charge >= 0.3 is 6.18 Å². The highest BCUT2D eigenvalue weighted by molar-refractivity contribution is 7.91. The third-order valence-corrected chi connectivity index (χ3v) is 6.35. The fourth-order valence-electron chi connectivity index (χ4n) is 3.11. The minimum absolute atomic E-state index is 0.135. The van der Waals surface area contributed by atoms with E-state index in [0.717, 1.165) is 12.5 Å². The first kappa shape index (κ1) is 25.4. The summed E-state index contributed by atoms with van der Waals surface area (Å²) in [5.41, 5.74) is -1.33. The van der Waals surface area contributed by atoms with E-state index in [1.807, 2.05) is 6.92 Å². The van der Waals surface area contributed by atoms with Crippen LogP contribution in [0.2, 0.25) is 5.02 Å². The summed E-state index contributed by atoms with van der Waals surface area (Å²) in [5.74, 6) is -1.24. The number of aromatic nitrogens is 2. The Bertz CT molecular complexity index is 1360. The van der Waals surface area contributed by atoms with Crippen molar-refractivity contribution >= 4 is 32.9 Å². The average molecular weight is 513 g/mol. The maximum atomic E-state index is 13.5. The van der Waals surface area contributed by atoms with Gasteiger partial charge in [-0.15, -0.1) is 10.2 Å². The smallest absolute Gasteiger partial charge is 0.435 e. The minimum Gasteiger partial charge on any atom is -0.437 e. The third-order valence-electron chi connectivity index (χ3n) is 4.84. The summed E-state index contributed by atoms with van der Waals surface area (Å²) in [6.07, 6.45) is -2.98. The van der Waals surface area contributed by atoms with E-state index in [2.05, 4.69) is 15.5 Å². The molecule has 1 unspecified atom stereocenters. The van der Waals surface area contributed by atoms with Gasteiger partial charge in [-0.05, 0) is 54.8 Å². The zero-order valence-corrected chi connectivity index (χ0v) is 19.9. The van der Waals surface area contributed by atoms with Gasteiger partial charge in [-0.2, -0.15) is 13.2 Å². The van der Waals surface area contributed by atoms with Crippen LogP contribution in [0.25, 0.3) is 0 Å². The molecule has 0 fully saturated rings. The van der Waals surface area contributed by atoms with Crippen LogP contribution in [0.3, 0.4) is 0 Å². The van der Waals surface area contributed by atoms with E-state index in [1.54, 1.807) is 12.1 Å². The molecule has 180 valence electrons. The molecule has 0 aliphatic heterocycles. The number of amides is 1. The standard InChI is InChI=1S/C22H20ClF3N4O3S/c1-4-13-8-9-15(11-17(13)23)33-21-18(12(2)19(29-30-21)22(24,25)26)20(31)28-14-6-5-7-16(10-14)34(3,27)32/h5-11,27H,4H2,1-3H3,(H,28,31). The Hall–Kier alpha value is -3.18. The normalized spacial score (nSPS) is 13.3. The molecule has 0 spiro atoms. The fourth-order valence-corrected chi connectivity index (χ4v) is 4.10. The lowest BCUT2D eigenvalue weighted by Gasteiger charge is -2.16. The van der Waals surface area contributed by atoms with Crippen molar-refractivity contribution in [3.8, 4) is 11.6 Å². The van der Waals surface area contributed by atoms with Crippen molar-refractivity contribution in [3.05, 3.63) is 69.9 Å². The van der Waals surface area contributed by atoms with E-state index in [9.17, 15) is 22.2 Å². The Labute approximate surface area is 199 Å². The number of halogens is 4. The van der Waals surface area contributed by atoms with Crippen LogP contribution in [-0.2, 0) is 22.3 Å². The van der Waals surface area contributed by atoms with E-state index in [1.165, 1.54) is 36.6 Å². The number of anilines is 1. The van der Waals surface area contributed by atoms with E-state index in [-0.39, 0.29) is 16.3 Å². The highest BCUT2D eigenvalue weighted by Crippen LogP contribution is 2.35. The third kappa shape index (κ3) is 5.65. The van der Waals surface area contributed by atoms with E-state index < -0.39 is 44.5 Å². The van der Waals surface area contributed by atoms with Crippen molar-refractivity contribution in [3.63, 3.8) is 0 Å². The molecule has 12 heteroatoms. The van der Waals surface area contributed by atoms with Gasteiger partial charge in [-0.3, -0.25) is 4.79 Å². The lowest BCUT2D eigenvalue weighted by Crippen LogP contribution is -2.21. The largest absolute Gasteiger partial charge is 0.437 e. The predicted molar refractivity (Wildman–Crippen MR) is 122 cm³/mol. The van der Waals surface area contributed by atoms with Crippen LogP contribution in [0.1, 0.15) is 34.1 Å². The summed E-state index contributed by atoms with van der Waals surface area (Å²) >= 11 is 6.19. The highest BCUT2D eigenvalue weighted by Gasteiger charge is 2.38. The Kier molecular flexibility index (Phi) is 7.18. The number of carbonyl (C=O) groups excluding carboxylic acids is 1. The molecule has 1 atom stereocenters. The molecule has 0 aliphatic carbocycles. The van der Waals surface area contributed by atoms with Crippen molar-refractivity contribution in [2.75, 3.05) is 11.6 Å². The molecule has 0 saturated heterocycles. The Balaban J connectivity index is 2.06. The van der Waals surface area contributed by atoms with E-state index in [0.29, 0.717) is 11.4 Å². The zero-order valence-electron chi connectivity index (χ0n) is 18.3. The minimum atomic E-state index is -4.85. The molecule has 0 saturated carbocycles. The first-order chi connectivity index (χ1) is 15.8. The second kappa shape index (κ2) is 9.59. The molecule has 0 aliphatic rings. The number of carbonyl (C=O) groups is 1. The summed E-state index contributed by atoms with van der Waals surface area (Å²) < 4.78 is 65.7. The molecule has 7 nitrogen and oxygen atoms in total. The first-order valence-corrected chi connectivity index (χ1v) is 12.2. The predicted octanol–water partition coefficient (Wildman–Crippen LogP) is 6.10. The zero-order chi connectivity index (χ0) is 25.3. The van der Waals surface area contributed by atoms with Gasteiger partial charge in [-0.25, -0.2) is 8.99 Å². The molecule has 1 amide bonds. The number of aryl methyl sites for hydroxylation is 1. The van der Waals surface area contributed by atoms with Crippen LogP contribution in [0, 0.1) is 11.7 Å². The highest BCUT2D eigenvalue weighted by atomic mass is 35.5. The van der Waals surface area contributed by atoms with Crippen LogP contribution >= 0.6 is 11.6 Å². The lowest BCUT2D eigenvalue weighted by atomic mass is 10.1. The molecule has 0 bridgehead atoms. The topological polar surface area (TPSA) is 105 Å². The first-order valence-electron chi connectivity index (χ1n) is 9.87. The van der Waals surface area contributed by atoms with Gasteiger partial charge in [0, 0.05) is 21.9 Å². The SMILES string of the molecule is CCc1ccc(Oc2nnc(C(F)(F)F)c(C)c2C(=O)Nc2cccc(S(C)(=N)=O)c2)cc1Cl. The lowest BCUT2D eigenvalue weighted by molar-refractivity contribution is -0.142. The number of hydrogen-bond donors (Lipinski definition) is 2. The summed E-state index contributed by atoms with van der Waals surface area (Å²) in [7, 11) is -3.08. The van der Waals surface area contributed by atoms with Gasteiger partial charge in [0.25, 0.3) is 11.8 Å². The summed E-state index contributed by atoms with van der Waals surface area (Å²) in [5, 5.41) is 9.59. The van der Waals surface area contributed by atoms with Crippen molar-refractivity contribution in [1.82, 2.24) is 10.2 Å². The molecule has 34 heavy (non-hydrogen) atoms. The molecule has 1 aromatic heterocycles. The molecule has 2 aromatic carbocycles. The van der Waals surface area contributed by atoms with Crippen molar-refractivity contribution in [2.24, 2.45) is 0 Å². The van der Waals surface area contributed by atoms with Gasteiger partial charge in [0.1, 0.15) is 11.3 Å². The monoisotopic (exact) mass is 512 g/mol. The molecule has 2 N–H and O–H groups in total. The maximum absolute atomic E-state index is 13.5. The van der Waals surface area contributed by atoms with Crippen LogP contribution in [0.15, 0.2) is 47.4 Å². The fraction of sp³-hybridized carbons (Fsp3) is 0.227. The summed E-state index contributed by atoms with van der Waals surface area (Å²) in [6, 6.07) is 10.4. The number of rotatable bonds is 6.